The van der Waals surface area contributed by atoms with Gasteiger partial charge in [-0.1, -0.05) is 40.7 Å². The minimum atomic E-state index is -4.53. The van der Waals surface area contributed by atoms with Gasteiger partial charge in [-0.2, -0.15) is 8.42 Å². The first-order valence-electron chi connectivity index (χ1n) is 10.0. The molecule has 0 bridgehead atoms. The van der Waals surface area contributed by atoms with Gasteiger partial charge >= 0.3 is 11.9 Å². The van der Waals surface area contributed by atoms with Crippen molar-refractivity contribution in [1.82, 2.24) is 0 Å². The van der Waals surface area contributed by atoms with E-state index in [0.717, 1.165) is 5.56 Å². The predicted molar refractivity (Wildman–Crippen MR) is 116 cm³/mol. The Balaban J connectivity index is 2.91. The largest absolute Gasteiger partial charge is 0.481 e. The van der Waals surface area contributed by atoms with Gasteiger partial charge in [0, 0.05) is 16.4 Å². The molecule has 1 aliphatic rings. The van der Waals surface area contributed by atoms with Crippen LogP contribution in [0.25, 0.3) is 0 Å². The van der Waals surface area contributed by atoms with Crippen LogP contribution in [-0.4, -0.2) is 40.7 Å². The van der Waals surface area contributed by atoms with Gasteiger partial charge in [0.1, 0.15) is 0 Å². The van der Waals surface area contributed by atoms with Gasteiger partial charge in [0.15, 0.2) is 0 Å². The van der Waals surface area contributed by atoms with Gasteiger partial charge in [-0.05, 0) is 48.9 Å². The molecule has 2 rings (SSSR count). The van der Waals surface area contributed by atoms with Crippen LogP contribution in [0.3, 0.4) is 0 Å². The van der Waals surface area contributed by atoms with Crippen molar-refractivity contribution in [2.45, 2.75) is 76.2 Å². The number of hydrogen-bond donors (Lipinski definition) is 4. The number of nitrogens with two attached hydrogens (primary N) is 1. The lowest BCUT2D eigenvalue weighted by Gasteiger charge is -2.63. The molecule has 0 aliphatic heterocycles. The second kappa shape index (κ2) is 7.28. The molecule has 174 valence electrons. The molecule has 4 unspecified atom stereocenters. The van der Waals surface area contributed by atoms with Crippen LogP contribution in [0.15, 0.2) is 23.1 Å². The van der Waals surface area contributed by atoms with E-state index in [4.69, 9.17) is 5.73 Å². The van der Waals surface area contributed by atoms with E-state index in [9.17, 15) is 32.8 Å². The van der Waals surface area contributed by atoms with Gasteiger partial charge in [0.05, 0.1) is 16.7 Å². The Bertz CT molecular complexity index is 1020. The summed E-state index contributed by atoms with van der Waals surface area (Å²) in [7, 11) is -4.53. The highest BCUT2D eigenvalue weighted by Gasteiger charge is 2.66. The van der Waals surface area contributed by atoms with Gasteiger partial charge < -0.3 is 15.9 Å². The Morgan fingerprint density at radius 1 is 1.03 bits per heavy atom. The molecule has 31 heavy (non-hydrogen) atoms. The molecule has 0 radical (unpaired) electrons. The molecule has 8 nitrogen and oxygen atoms in total. The van der Waals surface area contributed by atoms with Crippen molar-refractivity contribution in [2.75, 3.05) is 0 Å². The lowest BCUT2D eigenvalue weighted by molar-refractivity contribution is -0.163. The van der Waals surface area contributed by atoms with E-state index < -0.39 is 50.3 Å². The van der Waals surface area contributed by atoms with Crippen molar-refractivity contribution in [2.24, 2.45) is 23.0 Å². The first-order chi connectivity index (χ1) is 13.7. The Morgan fingerprint density at radius 2 is 1.55 bits per heavy atom. The number of carboxylic acid groups (broad SMARTS) is 2. The first kappa shape index (κ1) is 25.3. The van der Waals surface area contributed by atoms with Crippen LogP contribution < -0.4 is 5.73 Å². The summed E-state index contributed by atoms with van der Waals surface area (Å²) in [6.07, 6.45) is 0.524. The van der Waals surface area contributed by atoms with Crippen molar-refractivity contribution >= 4 is 22.1 Å². The lowest BCUT2D eigenvalue weighted by Crippen LogP contribution is -2.66. The fraction of sp³-hybridized carbons (Fsp3) is 0.636. The van der Waals surface area contributed by atoms with Crippen molar-refractivity contribution in [3.8, 4) is 0 Å². The van der Waals surface area contributed by atoms with Crippen LogP contribution in [0.5, 0.6) is 0 Å². The summed E-state index contributed by atoms with van der Waals surface area (Å²) in [5.41, 5.74) is 3.64. The molecule has 0 saturated carbocycles. The minimum absolute atomic E-state index is 0.241. The molecular weight excluding hydrogens is 422 g/mol. The average Bonchev–Trinajstić information content (AvgIpc) is 2.54. The van der Waals surface area contributed by atoms with E-state index in [1.165, 1.54) is 26.0 Å². The second-order valence-corrected chi connectivity index (χ2v) is 12.3. The van der Waals surface area contributed by atoms with E-state index in [1.807, 2.05) is 27.7 Å². The summed E-state index contributed by atoms with van der Waals surface area (Å²) in [6, 6.07) is 4.12. The van der Waals surface area contributed by atoms with E-state index in [1.54, 1.807) is 13.0 Å². The van der Waals surface area contributed by atoms with E-state index in [-0.39, 0.29) is 10.3 Å². The van der Waals surface area contributed by atoms with Gasteiger partial charge in [0.2, 0.25) is 0 Å². The summed E-state index contributed by atoms with van der Waals surface area (Å²) >= 11 is 0. The lowest BCUT2D eigenvalue weighted by atomic mass is 9.39. The number of aliphatic carboxylic acids is 2. The maximum Gasteiger partial charge on any atom is 0.309 e. The number of carbonyl (C=O) groups is 2. The van der Waals surface area contributed by atoms with E-state index >= 15 is 0 Å². The second-order valence-electron chi connectivity index (χ2n) is 10.9. The normalized spacial score (nSPS) is 25.8. The van der Waals surface area contributed by atoms with Crippen LogP contribution in [-0.2, 0) is 30.5 Å². The molecule has 0 spiro atoms. The Hall–Kier alpha value is -1.97. The number of rotatable bonds is 7. The van der Waals surface area contributed by atoms with Crippen LogP contribution in [0, 0.1) is 17.3 Å². The Morgan fingerprint density at radius 3 is 1.90 bits per heavy atom. The average molecular weight is 456 g/mol. The third-order valence-electron chi connectivity index (χ3n) is 6.76. The maximum absolute atomic E-state index is 12.6. The number of benzene rings is 1. The highest BCUT2D eigenvalue weighted by molar-refractivity contribution is 7.85. The molecule has 5 N–H and O–H groups in total. The zero-order chi connectivity index (χ0) is 24.4. The summed E-state index contributed by atoms with van der Waals surface area (Å²) < 4.78 is 33.0. The molecule has 0 aromatic heterocycles. The van der Waals surface area contributed by atoms with E-state index in [0.29, 0.717) is 12.0 Å². The summed E-state index contributed by atoms with van der Waals surface area (Å²) in [5.74, 6) is -5.55. The van der Waals surface area contributed by atoms with Gasteiger partial charge in [0.25, 0.3) is 10.1 Å². The van der Waals surface area contributed by atoms with Crippen LogP contribution in [0.2, 0.25) is 0 Å². The smallest absolute Gasteiger partial charge is 0.309 e. The fourth-order valence-electron chi connectivity index (χ4n) is 5.57. The highest BCUT2D eigenvalue weighted by Crippen LogP contribution is 2.65. The monoisotopic (exact) mass is 455 g/mol. The third kappa shape index (κ3) is 4.10. The van der Waals surface area contributed by atoms with Gasteiger partial charge in [-0.3, -0.25) is 14.1 Å². The molecule has 1 aromatic rings. The SMILES string of the molecule is CC(C)(C)CC1(C)c2ccc(S(=O)(=O)O)cc2C1(C)C(C(=O)O)C(C(=O)O)C(C)(C)N. The van der Waals surface area contributed by atoms with Crippen molar-refractivity contribution < 1.29 is 32.8 Å². The quantitative estimate of drug-likeness (QED) is 0.457. The fourth-order valence-corrected chi connectivity index (χ4v) is 6.08. The van der Waals surface area contributed by atoms with Gasteiger partial charge in [-0.25, -0.2) is 0 Å². The highest BCUT2D eigenvalue weighted by atomic mass is 32.2. The molecule has 1 aliphatic carbocycles. The zero-order valence-corrected chi connectivity index (χ0v) is 19.9. The summed E-state index contributed by atoms with van der Waals surface area (Å²) in [5, 5.41) is 20.2. The van der Waals surface area contributed by atoms with Crippen molar-refractivity contribution in [1.29, 1.82) is 0 Å². The molecule has 4 atom stereocenters. The first-order valence-corrected chi connectivity index (χ1v) is 11.5. The molecular formula is C22H33NO7S. The van der Waals surface area contributed by atoms with Crippen molar-refractivity contribution in [3.05, 3.63) is 29.3 Å². The van der Waals surface area contributed by atoms with Crippen LogP contribution >= 0.6 is 0 Å². The molecule has 0 saturated heterocycles. The zero-order valence-electron chi connectivity index (χ0n) is 19.1. The number of fused-ring (bicyclic) bond motifs is 1. The maximum atomic E-state index is 12.6. The molecule has 0 amide bonds. The van der Waals surface area contributed by atoms with Gasteiger partial charge in [-0.15, -0.1) is 0 Å². The Kier molecular flexibility index (Phi) is 5.94. The third-order valence-corrected chi connectivity index (χ3v) is 7.61. The number of carboxylic acids is 2. The number of hydrogen-bond acceptors (Lipinski definition) is 5. The molecule has 0 heterocycles. The minimum Gasteiger partial charge on any atom is -0.481 e. The van der Waals surface area contributed by atoms with Crippen molar-refractivity contribution in [3.63, 3.8) is 0 Å². The topological polar surface area (TPSA) is 155 Å². The van der Waals surface area contributed by atoms with Crippen LogP contribution in [0.1, 0.15) is 66.0 Å². The molecule has 0 fully saturated rings. The predicted octanol–water partition coefficient (Wildman–Crippen LogP) is 3.04. The van der Waals surface area contributed by atoms with E-state index in [2.05, 4.69) is 0 Å². The standard InChI is InChI=1S/C22H33NO7S/c1-19(2,3)11-21(6)13-9-8-12(31(28,29)30)10-14(13)22(21,7)16(18(26)27)15(17(24)25)20(4,5)23/h8-10,15-16H,11,23H2,1-7H3,(H,24,25)(H,26,27)(H,28,29,30). The van der Waals surface area contributed by atoms with Crippen LogP contribution in [0.4, 0.5) is 0 Å². The summed E-state index contributed by atoms with van der Waals surface area (Å²) in [6.45, 7) is 12.5. The molecule has 1 aromatic carbocycles. The molecule has 9 heteroatoms. The Labute approximate surface area is 183 Å². The summed E-state index contributed by atoms with van der Waals surface area (Å²) in [4.78, 5) is 24.5.